The van der Waals surface area contributed by atoms with Gasteiger partial charge in [-0.05, 0) is 43.3 Å². The number of imidazole rings is 1. The van der Waals surface area contributed by atoms with Crippen molar-refractivity contribution < 1.29 is 14.3 Å². The molecule has 2 aromatic carbocycles. The largest absolute Gasteiger partial charge is 0.465 e. The van der Waals surface area contributed by atoms with Gasteiger partial charge in [-0.1, -0.05) is 11.6 Å². The number of methoxy groups -OCH3 is 1. The minimum atomic E-state index is -0.409. The molecule has 4 aromatic rings. The number of carbonyl (C=O) groups excluding carboxylic acids is 1. The third-order valence-electron chi connectivity index (χ3n) is 5.58. The Morgan fingerprint density at radius 2 is 1.94 bits per heavy atom. The Balaban J connectivity index is 1.74. The number of hydrogen-bond donors (Lipinski definition) is 0. The molecule has 158 valence electrons. The highest BCUT2D eigenvalue weighted by Gasteiger charge is 2.22. The fourth-order valence-electron chi connectivity index (χ4n) is 4.09. The van der Waals surface area contributed by atoms with E-state index in [9.17, 15) is 4.79 Å². The number of anilines is 1. The zero-order valence-corrected chi connectivity index (χ0v) is 18.0. The van der Waals surface area contributed by atoms with E-state index in [2.05, 4.69) is 16.0 Å². The van der Waals surface area contributed by atoms with E-state index in [1.54, 1.807) is 0 Å². The predicted molar refractivity (Wildman–Crippen MR) is 120 cm³/mol. The molecular weight excluding hydrogens is 416 g/mol. The number of hydrogen-bond acceptors (Lipinski definition) is 6. The van der Waals surface area contributed by atoms with Crippen LogP contribution in [0.4, 0.5) is 5.69 Å². The molecule has 31 heavy (non-hydrogen) atoms. The highest BCUT2D eigenvalue weighted by molar-refractivity contribution is 6.31. The average Bonchev–Trinajstić information content (AvgIpc) is 3.13. The number of fused-ring (bicyclic) bond motifs is 2. The molecule has 0 atom stereocenters. The summed E-state index contributed by atoms with van der Waals surface area (Å²) < 4.78 is 12.6. The number of rotatable bonds is 3. The number of esters is 1. The van der Waals surface area contributed by atoms with Gasteiger partial charge in [0, 0.05) is 29.2 Å². The normalized spacial score (nSPS) is 14.4. The van der Waals surface area contributed by atoms with Gasteiger partial charge < -0.3 is 14.4 Å². The third kappa shape index (κ3) is 3.49. The van der Waals surface area contributed by atoms with Crippen molar-refractivity contribution in [2.45, 2.75) is 6.92 Å². The molecule has 0 spiro atoms. The fraction of sp³-hybridized carbons (Fsp3) is 0.261. The molecule has 2 aromatic heterocycles. The summed E-state index contributed by atoms with van der Waals surface area (Å²) in [5, 5.41) is 1.59. The maximum Gasteiger partial charge on any atom is 0.340 e. The van der Waals surface area contributed by atoms with Crippen LogP contribution in [0, 0.1) is 6.92 Å². The van der Waals surface area contributed by atoms with Crippen LogP contribution in [0.25, 0.3) is 27.6 Å². The van der Waals surface area contributed by atoms with Crippen molar-refractivity contribution in [3.05, 3.63) is 59.0 Å². The molecule has 0 N–H and O–H groups in total. The Labute approximate surface area is 184 Å². The number of benzene rings is 2. The summed E-state index contributed by atoms with van der Waals surface area (Å²) in [4.78, 5) is 24.1. The second kappa shape index (κ2) is 7.83. The zero-order chi connectivity index (χ0) is 21.5. The van der Waals surface area contributed by atoms with Crippen molar-refractivity contribution in [3.63, 3.8) is 0 Å². The van der Waals surface area contributed by atoms with Gasteiger partial charge in [0.15, 0.2) is 0 Å². The number of nitrogens with zero attached hydrogens (tertiary/aromatic N) is 4. The van der Waals surface area contributed by atoms with Gasteiger partial charge in [-0.3, -0.25) is 9.55 Å². The molecule has 0 unspecified atom stereocenters. The van der Waals surface area contributed by atoms with E-state index in [4.69, 9.17) is 26.1 Å². The van der Waals surface area contributed by atoms with Crippen LogP contribution in [0.15, 0.2) is 42.6 Å². The highest BCUT2D eigenvalue weighted by atomic mass is 35.5. The standard InChI is InChI=1S/C23H21ClN4O3/c1-14-26-22-19(23(29)30-2)11-17(27-5-7-31-8-6-27)12-21(22)28(14)18-10-15-9-16(24)3-4-20(15)25-13-18/h3-4,9-13H,5-8H2,1-2H3. The quantitative estimate of drug-likeness (QED) is 0.449. The van der Waals surface area contributed by atoms with Crippen molar-refractivity contribution in [3.8, 4) is 5.69 Å². The Kier molecular flexibility index (Phi) is 5.00. The van der Waals surface area contributed by atoms with Gasteiger partial charge in [0.1, 0.15) is 11.3 Å². The summed E-state index contributed by atoms with van der Waals surface area (Å²) in [5.74, 6) is 0.343. The van der Waals surface area contributed by atoms with Crippen LogP contribution in [-0.4, -0.2) is 53.9 Å². The van der Waals surface area contributed by atoms with Crippen LogP contribution in [0.1, 0.15) is 16.2 Å². The van der Waals surface area contributed by atoms with E-state index in [0.717, 1.165) is 46.7 Å². The lowest BCUT2D eigenvalue weighted by Gasteiger charge is -2.29. The first-order chi connectivity index (χ1) is 15.0. The maximum atomic E-state index is 12.6. The summed E-state index contributed by atoms with van der Waals surface area (Å²) in [6.45, 7) is 4.74. The predicted octanol–water partition coefficient (Wildman–Crippen LogP) is 4.16. The van der Waals surface area contributed by atoms with Crippen LogP contribution >= 0.6 is 11.6 Å². The average molecular weight is 437 g/mol. The van der Waals surface area contributed by atoms with Gasteiger partial charge in [0.2, 0.25) is 0 Å². The SMILES string of the molecule is COC(=O)c1cc(N2CCOCC2)cc2c1nc(C)n2-c1cnc2ccc(Cl)cc2c1. The summed E-state index contributed by atoms with van der Waals surface area (Å²) in [6, 6.07) is 11.6. The molecule has 5 rings (SSSR count). The Bertz CT molecular complexity index is 1310. The monoisotopic (exact) mass is 436 g/mol. The van der Waals surface area contributed by atoms with E-state index in [0.29, 0.717) is 29.3 Å². The molecule has 0 saturated carbocycles. The molecule has 1 aliphatic rings. The molecule has 0 amide bonds. The van der Waals surface area contributed by atoms with Crippen LogP contribution in [0.3, 0.4) is 0 Å². The van der Waals surface area contributed by atoms with Gasteiger partial charge in [0.05, 0.1) is 48.8 Å². The molecule has 1 saturated heterocycles. The van der Waals surface area contributed by atoms with E-state index in [1.807, 2.05) is 48.0 Å². The molecular formula is C23H21ClN4O3. The number of aryl methyl sites for hydroxylation is 1. The number of pyridine rings is 1. The molecule has 0 bridgehead atoms. The molecule has 0 aliphatic carbocycles. The van der Waals surface area contributed by atoms with E-state index < -0.39 is 5.97 Å². The van der Waals surface area contributed by atoms with Crippen molar-refractivity contribution >= 4 is 45.2 Å². The highest BCUT2D eigenvalue weighted by Crippen LogP contribution is 2.31. The van der Waals surface area contributed by atoms with Gasteiger partial charge in [-0.25, -0.2) is 9.78 Å². The van der Waals surface area contributed by atoms with E-state index in [1.165, 1.54) is 7.11 Å². The van der Waals surface area contributed by atoms with Crippen LogP contribution in [-0.2, 0) is 9.47 Å². The van der Waals surface area contributed by atoms with Crippen molar-refractivity contribution in [1.29, 1.82) is 0 Å². The van der Waals surface area contributed by atoms with Crippen LogP contribution in [0.5, 0.6) is 0 Å². The van der Waals surface area contributed by atoms with Crippen molar-refractivity contribution in [1.82, 2.24) is 14.5 Å². The zero-order valence-electron chi connectivity index (χ0n) is 17.3. The third-order valence-corrected chi connectivity index (χ3v) is 5.82. The molecule has 1 aliphatic heterocycles. The number of halogens is 1. The van der Waals surface area contributed by atoms with Gasteiger partial charge in [0.25, 0.3) is 0 Å². The Morgan fingerprint density at radius 1 is 1.13 bits per heavy atom. The minimum absolute atomic E-state index is 0.409. The Morgan fingerprint density at radius 3 is 2.71 bits per heavy atom. The van der Waals surface area contributed by atoms with Crippen LogP contribution in [0.2, 0.25) is 5.02 Å². The molecule has 0 radical (unpaired) electrons. The lowest BCUT2D eigenvalue weighted by atomic mass is 10.1. The second-order valence-electron chi connectivity index (χ2n) is 7.48. The van der Waals surface area contributed by atoms with Crippen LogP contribution < -0.4 is 4.90 Å². The van der Waals surface area contributed by atoms with Gasteiger partial charge in [-0.2, -0.15) is 0 Å². The van der Waals surface area contributed by atoms with Crippen molar-refractivity contribution in [2.75, 3.05) is 38.3 Å². The molecule has 8 heteroatoms. The number of morpholine rings is 1. The minimum Gasteiger partial charge on any atom is -0.465 e. The van der Waals surface area contributed by atoms with Gasteiger partial charge >= 0.3 is 5.97 Å². The molecule has 7 nitrogen and oxygen atoms in total. The van der Waals surface area contributed by atoms with Gasteiger partial charge in [-0.15, -0.1) is 0 Å². The van der Waals surface area contributed by atoms with E-state index >= 15 is 0 Å². The lowest BCUT2D eigenvalue weighted by molar-refractivity contribution is 0.0603. The van der Waals surface area contributed by atoms with E-state index in [-0.39, 0.29) is 0 Å². The first-order valence-electron chi connectivity index (χ1n) is 10.0. The second-order valence-corrected chi connectivity index (χ2v) is 7.91. The lowest BCUT2D eigenvalue weighted by Crippen LogP contribution is -2.36. The molecule has 1 fully saturated rings. The van der Waals surface area contributed by atoms with Crippen molar-refractivity contribution in [2.24, 2.45) is 0 Å². The summed E-state index contributed by atoms with van der Waals surface area (Å²) in [7, 11) is 1.39. The summed E-state index contributed by atoms with van der Waals surface area (Å²) >= 11 is 6.19. The number of aromatic nitrogens is 3. The first kappa shape index (κ1) is 19.8. The summed E-state index contributed by atoms with van der Waals surface area (Å²) in [6.07, 6.45) is 1.81. The first-order valence-corrected chi connectivity index (χ1v) is 10.4. The number of ether oxygens (including phenoxy) is 2. The number of carbonyl (C=O) groups is 1. The maximum absolute atomic E-state index is 12.6. The summed E-state index contributed by atoms with van der Waals surface area (Å²) in [5.41, 5.74) is 4.52. The topological polar surface area (TPSA) is 69.5 Å². The molecule has 3 heterocycles. The smallest absolute Gasteiger partial charge is 0.340 e. The Hall–Kier alpha value is -3.16. The fourth-order valence-corrected chi connectivity index (χ4v) is 4.27.